The van der Waals surface area contributed by atoms with Crippen molar-refractivity contribution in [2.45, 2.75) is 71.1 Å². The standard InChI is InChI=1S/C17H24ClIN2/c1-17(2,3)12-8-6-11(7-9-12)16-20-14(10-4-5-10)13(19)15(18)21-16/h10-12H,4-9H2,1-3H3. The van der Waals surface area contributed by atoms with Gasteiger partial charge in [0.25, 0.3) is 0 Å². The van der Waals surface area contributed by atoms with Gasteiger partial charge in [0.15, 0.2) is 0 Å². The SMILES string of the molecule is CC(C)(C)C1CCC(c2nc(Cl)c(I)c(C3CC3)n2)CC1. The van der Waals surface area contributed by atoms with Gasteiger partial charge in [0.1, 0.15) is 11.0 Å². The maximum atomic E-state index is 6.35. The van der Waals surface area contributed by atoms with Crippen LogP contribution in [0.15, 0.2) is 0 Å². The van der Waals surface area contributed by atoms with Crippen molar-refractivity contribution in [3.63, 3.8) is 0 Å². The van der Waals surface area contributed by atoms with E-state index in [1.807, 2.05) is 0 Å². The predicted octanol–water partition coefficient (Wildman–Crippen LogP) is 5.93. The van der Waals surface area contributed by atoms with Gasteiger partial charge in [-0.25, -0.2) is 9.97 Å². The van der Waals surface area contributed by atoms with E-state index >= 15 is 0 Å². The summed E-state index contributed by atoms with van der Waals surface area (Å²) in [5, 5.41) is 0.667. The molecule has 0 radical (unpaired) electrons. The molecular weight excluding hydrogens is 395 g/mol. The Morgan fingerprint density at radius 1 is 0.952 bits per heavy atom. The number of hydrogen-bond acceptors (Lipinski definition) is 2. The highest BCUT2D eigenvalue weighted by Crippen LogP contribution is 2.45. The molecule has 2 fully saturated rings. The number of halogens is 2. The molecule has 0 aromatic carbocycles. The van der Waals surface area contributed by atoms with Crippen molar-refractivity contribution in [3.8, 4) is 0 Å². The van der Waals surface area contributed by atoms with Crippen molar-refractivity contribution in [2.75, 3.05) is 0 Å². The number of hydrogen-bond donors (Lipinski definition) is 0. The molecule has 0 saturated heterocycles. The van der Waals surface area contributed by atoms with Gasteiger partial charge < -0.3 is 0 Å². The van der Waals surface area contributed by atoms with E-state index in [1.165, 1.54) is 44.2 Å². The molecule has 21 heavy (non-hydrogen) atoms. The summed E-state index contributed by atoms with van der Waals surface area (Å²) in [6, 6.07) is 0. The average molecular weight is 419 g/mol. The Morgan fingerprint density at radius 3 is 2.05 bits per heavy atom. The summed E-state index contributed by atoms with van der Waals surface area (Å²) in [6.45, 7) is 7.09. The van der Waals surface area contributed by atoms with Crippen molar-refractivity contribution < 1.29 is 0 Å². The van der Waals surface area contributed by atoms with Crippen molar-refractivity contribution >= 4 is 34.2 Å². The highest BCUT2D eigenvalue weighted by molar-refractivity contribution is 14.1. The summed E-state index contributed by atoms with van der Waals surface area (Å²) in [7, 11) is 0. The summed E-state index contributed by atoms with van der Waals surface area (Å²) >= 11 is 8.66. The van der Waals surface area contributed by atoms with E-state index in [0.29, 0.717) is 22.4 Å². The molecule has 0 atom stereocenters. The van der Waals surface area contributed by atoms with Crippen molar-refractivity contribution in [1.29, 1.82) is 0 Å². The van der Waals surface area contributed by atoms with Crippen LogP contribution in [0, 0.1) is 14.9 Å². The van der Waals surface area contributed by atoms with Crippen LogP contribution in [0.4, 0.5) is 0 Å². The van der Waals surface area contributed by atoms with Crippen LogP contribution in [-0.2, 0) is 0 Å². The van der Waals surface area contributed by atoms with Gasteiger partial charge in [-0.2, -0.15) is 0 Å². The maximum Gasteiger partial charge on any atom is 0.146 e. The van der Waals surface area contributed by atoms with E-state index in [0.717, 1.165) is 15.3 Å². The van der Waals surface area contributed by atoms with E-state index in [4.69, 9.17) is 16.6 Å². The first kappa shape index (κ1) is 16.0. The lowest BCUT2D eigenvalue weighted by Crippen LogP contribution is -2.26. The highest BCUT2D eigenvalue weighted by atomic mass is 127. The Bertz CT molecular complexity index is 526. The van der Waals surface area contributed by atoms with Crippen LogP contribution in [0.5, 0.6) is 0 Å². The lowest BCUT2D eigenvalue weighted by atomic mass is 9.69. The minimum absolute atomic E-state index is 0.425. The van der Waals surface area contributed by atoms with Gasteiger partial charge in [0.2, 0.25) is 0 Å². The average Bonchev–Trinajstić information content (AvgIpc) is 3.25. The third-order valence-corrected chi connectivity index (χ3v) is 6.79. The molecule has 2 aliphatic rings. The normalized spacial score (nSPS) is 26.9. The largest absolute Gasteiger partial charge is 0.236 e. The minimum Gasteiger partial charge on any atom is -0.236 e. The molecule has 2 nitrogen and oxygen atoms in total. The molecular formula is C17H24ClIN2. The van der Waals surface area contributed by atoms with Crippen molar-refractivity contribution in [2.24, 2.45) is 11.3 Å². The molecule has 0 amide bonds. The van der Waals surface area contributed by atoms with Gasteiger partial charge in [-0.3, -0.25) is 0 Å². The fourth-order valence-electron chi connectivity index (χ4n) is 3.48. The number of rotatable bonds is 2. The molecule has 0 aliphatic heterocycles. The molecule has 1 aromatic rings. The number of nitrogens with zero attached hydrogens (tertiary/aromatic N) is 2. The Morgan fingerprint density at radius 2 is 1.52 bits per heavy atom. The van der Waals surface area contributed by atoms with Gasteiger partial charge in [-0.1, -0.05) is 32.4 Å². The van der Waals surface area contributed by atoms with Crippen LogP contribution in [0.3, 0.4) is 0 Å². The van der Waals surface area contributed by atoms with Crippen LogP contribution in [0.1, 0.15) is 82.7 Å². The lowest BCUT2D eigenvalue weighted by molar-refractivity contribution is 0.167. The van der Waals surface area contributed by atoms with Crippen molar-refractivity contribution in [1.82, 2.24) is 9.97 Å². The van der Waals surface area contributed by atoms with Crippen LogP contribution < -0.4 is 0 Å². The zero-order valence-electron chi connectivity index (χ0n) is 13.1. The lowest BCUT2D eigenvalue weighted by Gasteiger charge is -2.36. The highest BCUT2D eigenvalue weighted by Gasteiger charge is 2.33. The third kappa shape index (κ3) is 3.54. The Hall–Kier alpha value is 0.1000. The minimum atomic E-state index is 0.425. The summed E-state index contributed by atoms with van der Waals surface area (Å²) in [5.41, 5.74) is 1.64. The van der Waals surface area contributed by atoms with E-state index in [-0.39, 0.29) is 0 Å². The number of aromatic nitrogens is 2. The maximum absolute atomic E-state index is 6.35. The summed E-state index contributed by atoms with van der Waals surface area (Å²) in [4.78, 5) is 9.50. The van der Waals surface area contributed by atoms with Gasteiger partial charge in [-0.05, 0) is 72.4 Å². The second kappa shape index (κ2) is 5.95. The van der Waals surface area contributed by atoms with Crippen LogP contribution >= 0.6 is 34.2 Å². The molecule has 0 bridgehead atoms. The molecule has 4 heteroatoms. The van der Waals surface area contributed by atoms with E-state index in [9.17, 15) is 0 Å². The Labute approximate surface area is 146 Å². The molecule has 2 aliphatic carbocycles. The van der Waals surface area contributed by atoms with Crippen LogP contribution in [-0.4, -0.2) is 9.97 Å². The second-order valence-electron chi connectivity index (χ2n) is 7.76. The molecule has 1 heterocycles. The van der Waals surface area contributed by atoms with Crippen molar-refractivity contribution in [3.05, 3.63) is 20.2 Å². The molecule has 3 rings (SSSR count). The third-order valence-electron chi connectivity index (χ3n) is 5.13. The summed E-state index contributed by atoms with van der Waals surface area (Å²) in [6.07, 6.45) is 7.53. The van der Waals surface area contributed by atoms with E-state index in [2.05, 4.69) is 48.3 Å². The van der Waals surface area contributed by atoms with Crippen LogP contribution in [0.2, 0.25) is 5.15 Å². The van der Waals surface area contributed by atoms with Gasteiger partial charge in [0, 0.05) is 11.8 Å². The first-order valence-corrected chi connectivity index (χ1v) is 9.54. The smallest absolute Gasteiger partial charge is 0.146 e. The second-order valence-corrected chi connectivity index (χ2v) is 9.20. The monoisotopic (exact) mass is 418 g/mol. The zero-order valence-corrected chi connectivity index (χ0v) is 16.0. The Balaban J connectivity index is 1.76. The quantitative estimate of drug-likeness (QED) is 0.439. The first-order chi connectivity index (χ1) is 9.86. The van der Waals surface area contributed by atoms with E-state index in [1.54, 1.807) is 0 Å². The molecule has 116 valence electrons. The van der Waals surface area contributed by atoms with Gasteiger partial charge in [0.05, 0.1) is 9.26 Å². The molecule has 1 aromatic heterocycles. The van der Waals surface area contributed by atoms with E-state index < -0.39 is 0 Å². The topological polar surface area (TPSA) is 25.8 Å². The van der Waals surface area contributed by atoms with Gasteiger partial charge in [-0.15, -0.1) is 0 Å². The predicted molar refractivity (Wildman–Crippen MR) is 95.9 cm³/mol. The Kier molecular flexibility index (Phi) is 4.53. The fraction of sp³-hybridized carbons (Fsp3) is 0.765. The van der Waals surface area contributed by atoms with Crippen LogP contribution in [0.25, 0.3) is 0 Å². The zero-order chi connectivity index (χ0) is 15.2. The van der Waals surface area contributed by atoms with Gasteiger partial charge >= 0.3 is 0 Å². The first-order valence-electron chi connectivity index (χ1n) is 8.09. The molecule has 0 spiro atoms. The summed E-state index contributed by atoms with van der Waals surface area (Å²) < 4.78 is 1.07. The summed E-state index contributed by atoms with van der Waals surface area (Å²) in [5.74, 6) is 2.99. The molecule has 0 unspecified atom stereocenters. The molecule has 2 saturated carbocycles. The fourth-order valence-corrected chi connectivity index (χ4v) is 4.35. The molecule has 0 N–H and O–H groups in total.